The van der Waals surface area contributed by atoms with Gasteiger partial charge in [-0.1, -0.05) is 39.3 Å². The van der Waals surface area contributed by atoms with Gasteiger partial charge in [0.1, 0.15) is 0 Å². The van der Waals surface area contributed by atoms with Crippen LogP contribution in [0.5, 0.6) is 0 Å². The molecule has 3 aliphatic rings. The van der Waals surface area contributed by atoms with Crippen molar-refractivity contribution in [3.05, 3.63) is 23.3 Å². The molecular formula is C19H28O2. The van der Waals surface area contributed by atoms with Crippen LogP contribution in [-0.2, 0) is 4.79 Å². The van der Waals surface area contributed by atoms with Crippen LogP contribution in [0.4, 0.5) is 0 Å². The molecule has 0 aliphatic heterocycles. The molecule has 2 nitrogen and oxygen atoms in total. The van der Waals surface area contributed by atoms with Gasteiger partial charge in [-0.15, -0.1) is 0 Å². The minimum atomic E-state index is -0.486. The standard InChI is InChI=1S/C19H28O2/c1-11(2)14-10-17(20)19(4)15-7-5-12(3)9-13(15)6-8-16(19)18(14)21/h6,10-12,15-17,20H,5,7-9H2,1-4H3/t12-,15+,16+,17-,19+/m1/s1. The van der Waals surface area contributed by atoms with E-state index in [1.54, 1.807) is 0 Å². The molecule has 0 heterocycles. The summed E-state index contributed by atoms with van der Waals surface area (Å²) < 4.78 is 0. The van der Waals surface area contributed by atoms with Crippen LogP contribution >= 0.6 is 0 Å². The average molecular weight is 288 g/mol. The molecule has 0 aromatic heterocycles. The average Bonchev–Trinajstić information content (AvgIpc) is 2.42. The fourth-order valence-electron chi connectivity index (χ4n) is 4.90. The molecule has 0 aromatic rings. The first kappa shape index (κ1) is 15.0. The third-order valence-corrected chi connectivity index (χ3v) is 6.30. The van der Waals surface area contributed by atoms with Gasteiger partial charge in [-0.05, 0) is 55.1 Å². The van der Waals surface area contributed by atoms with Gasteiger partial charge in [-0.3, -0.25) is 4.79 Å². The highest BCUT2D eigenvalue weighted by atomic mass is 16.3. The van der Waals surface area contributed by atoms with Crippen LogP contribution in [-0.4, -0.2) is 17.0 Å². The van der Waals surface area contributed by atoms with Crippen molar-refractivity contribution in [3.8, 4) is 0 Å². The maximum atomic E-state index is 12.9. The van der Waals surface area contributed by atoms with Gasteiger partial charge in [0, 0.05) is 11.3 Å². The Morgan fingerprint density at radius 3 is 2.67 bits per heavy atom. The molecule has 3 rings (SSSR count). The topological polar surface area (TPSA) is 37.3 Å². The zero-order valence-electron chi connectivity index (χ0n) is 13.7. The first-order valence-corrected chi connectivity index (χ1v) is 8.48. The van der Waals surface area contributed by atoms with Crippen molar-refractivity contribution in [1.82, 2.24) is 0 Å². The number of hydrogen-bond donors (Lipinski definition) is 1. The number of rotatable bonds is 1. The van der Waals surface area contributed by atoms with Crippen LogP contribution in [0.3, 0.4) is 0 Å². The number of aliphatic hydroxyl groups excluding tert-OH is 1. The first-order chi connectivity index (χ1) is 9.85. The Morgan fingerprint density at radius 1 is 1.29 bits per heavy atom. The Morgan fingerprint density at radius 2 is 2.00 bits per heavy atom. The monoisotopic (exact) mass is 288 g/mol. The molecule has 1 N–H and O–H groups in total. The highest BCUT2D eigenvalue weighted by molar-refractivity contribution is 5.99. The normalized spacial score (nSPS) is 43.0. The van der Waals surface area contributed by atoms with Gasteiger partial charge in [-0.2, -0.15) is 0 Å². The molecule has 0 aromatic carbocycles. The summed E-state index contributed by atoms with van der Waals surface area (Å²) in [5, 5.41) is 10.8. The minimum Gasteiger partial charge on any atom is -0.388 e. The molecule has 3 aliphatic carbocycles. The summed E-state index contributed by atoms with van der Waals surface area (Å²) in [6.07, 6.45) is 8.00. The Balaban J connectivity index is 2.01. The van der Waals surface area contributed by atoms with E-state index in [1.165, 1.54) is 12.0 Å². The van der Waals surface area contributed by atoms with Gasteiger partial charge < -0.3 is 5.11 Å². The molecule has 0 unspecified atom stereocenters. The van der Waals surface area contributed by atoms with Crippen LogP contribution in [0.15, 0.2) is 23.3 Å². The summed E-state index contributed by atoms with van der Waals surface area (Å²) in [6.45, 7) is 8.56. The number of allylic oxidation sites excluding steroid dienone is 3. The fraction of sp³-hybridized carbons (Fsp3) is 0.737. The maximum Gasteiger partial charge on any atom is 0.162 e. The predicted molar refractivity (Wildman–Crippen MR) is 84.7 cm³/mol. The van der Waals surface area contributed by atoms with Crippen LogP contribution in [0.25, 0.3) is 0 Å². The summed E-state index contributed by atoms with van der Waals surface area (Å²) in [5.74, 6) is 1.58. The van der Waals surface area contributed by atoms with Gasteiger partial charge >= 0.3 is 0 Å². The second-order valence-electron chi connectivity index (χ2n) is 7.96. The summed E-state index contributed by atoms with van der Waals surface area (Å²) in [7, 11) is 0. The molecule has 0 bridgehead atoms. The minimum absolute atomic E-state index is 0.0305. The quantitative estimate of drug-likeness (QED) is 0.743. The fourth-order valence-corrected chi connectivity index (χ4v) is 4.90. The number of carbonyl (C=O) groups excluding carboxylic acids is 1. The second-order valence-corrected chi connectivity index (χ2v) is 7.96. The van der Waals surface area contributed by atoms with E-state index in [1.807, 2.05) is 19.9 Å². The largest absolute Gasteiger partial charge is 0.388 e. The summed E-state index contributed by atoms with van der Waals surface area (Å²) in [6, 6.07) is 0. The van der Waals surface area contributed by atoms with Crippen LogP contribution in [0.2, 0.25) is 0 Å². The number of carbonyl (C=O) groups is 1. The molecule has 0 amide bonds. The Kier molecular flexibility index (Phi) is 3.64. The Hall–Kier alpha value is -0.890. The van der Waals surface area contributed by atoms with Crippen molar-refractivity contribution in [2.75, 3.05) is 0 Å². The molecule has 1 saturated carbocycles. The molecule has 5 atom stereocenters. The summed E-state index contributed by atoms with van der Waals surface area (Å²) >= 11 is 0. The maximum absolute atomic E-state index is 12.9. The van der Waals surface area contributed by atoms with Gasteiger partial charge in [0.15, 0.2) is 5.78 Å². The zero-order valence-corrected chi connectivity index (χ0v) is 13.7. The lowest BCUT2D eigenvalue weighted by Crippen LogP contribution is -2.54. The van der Waals surface area contributed by atoms with Crippen LogP contribution < -0.4 is 0 Å². The smallest absolute Gasteiger partial charge is 0.162 e. The van der Waals surface area contributed by atoms with Gasteiger partial charge in [0.2, 0.25) is 0 Å². The summed E-state index contributed by atoms with van der Waals surface area (Å²) in [5.41, 5.74) is 2.05. The van der Waals surface area contributed by atoms with Crippen molar-refractivity contribution >= 4 is 5.78 Å². The van der Waals surface area contributed by atoms with Crippen LogP contribution in [0, 0.1) is 29.1 Å². The third kappa shape index (κ3) is 2.14. The van der Waals surface area contributed by atoms with E-state index in [-0.39, 0.29) is 23.0 Å². The van der Waals surface area contributed by atoms with E-state index >= 15 is 0 Å². The number of aliphatic hydroxyl groups is 1. The number of fused-ring (bicyclic) bond motifs is 3. The van der Waals surface area contributed by atoms with E-state index in [4.69, 9.17) is 0 Å². The lowest BCUT2D eigenvalue weighted by atomic mass is 9.51. The molecule has 21 heavy (non-hydrogen) atoms. The highest BCUT2D eigenvalue weighted by Crippen LogP contribution is 2.56. The van der Waals surface area contributed by atoms with E-state index in [2.05, 4.69) is 19.9 Å². The van der Waals surface area contributed by atoms with Crippen molar-refractivity contribution in [2.45, 2.75) is 59.5 Å². The lowest BCUT2D eigenvalue weighted by molar-refractivity contribution is -0.132. The molecule has 2 heteroatoms. The SMILES string of the molecule is CC(C)C1=C[C@@H](O)[C@]2(C)[C@@H](CC=C3C[C@H](C)CC[C@@H]32)C1=O. The van der Waals surface area contributed by atoms with E-state index in [0.717, 1.165) is 30.8 Å². The molecule has 0 saturated heterocycles. The van der Waals surface area contributed by atoms with Gasteiger partial charge in [-0.25, -0.2) is 0 Å². The molecule has 116 valence electrons. The molecule has 0 spiro atoms. The van der Waals surface area contributed by atoms with Crippen molar-refractivity contribution in [3.63, 3.8) is 0 Å². The van der Waals surface area contributed by atoms with E-state index < -0.39 is 6.10 Å². The second kappa shape index (κ2) is 5.08. The molecular weight excluding hydrogens is 260 g/mol. The number of hydrogen-bond acceptors (Lipinski definition) is 2. The van der Waals surface area contributed by atoms with Gasteiger partial charge in [0.25, 0.3) is 0 Å². The Bertz CT molecular complexity index is 514. The molecule has 1 fully saturated rings. The molecule has 0 radical (unpaired) electrons. The third-order valence-electron chi connectivity index (χ3n) is 6.30. The lowest BCUT2D eigenvalue weighted by Gasteiger charge is -2.53. The zero-order chi connectivity index (χ0) is 15.4. The summed E-state index contributed by atoms with van der Waals surface area (Å²) in [4.78, 5) is 12.9. The predicted octanol–water partition coefficient (Wildman–Crippen LogP) is 3.90. The van der Waals surface area contributed by atoms with E-state index in [0.29, 0.717) is 5.92 Å². The van der Waals surface area contributed by atoms with Gasteiger partial charge in [0.05, 0.1) is 6.10 Å². The van der Waals surface area contributed by atoms with Crippen molar-refractivity contribution in [1.29, 1.82) is 0 Å². The first-order valence-electron chi connectivity index (χ1n) is 8.48. The Labute approximate surface area is 128 Å². The number of ketones is 1. The van der Waals surface area contributed by atoms with Crippen LogP contribution in [0.1, 0.15) is 53.4 Å². The van der Waals surface area contributed by atoms with Crippen molar-refractivity contribution < 1.29 is 9.90 Å². The number of Topliss-reactive ketones (excluding diaryl/α,β-unsaturated/α-hetero) is 1. The van der Waals surface area contributed by atoms with Crippen molar-refractivity contribution in [2.24, 2.45) is 29.1 Å². The van der Waals surface area contributed by atoms with E-state index in [9.17, 15) is 9.90 Å². The highest BCUT2D eigenvalue weighted by Gasteiger charge is 2.55.